The van der Waals surface area contributed by atoms with Gasteiger partial charge in [0, 0.05) is 0 Å². The van der Waals surface area contributed by atoms with Crippen LogP contribution in [0.25, 0.3) is 0 Å². The third-order valence-corrected chi connectivity index (χ3v) is 6.36. The van der Waals surface area contributed by atoms with Gasteiger partial charge in [-0.1, -0.05) is 0 Å². The maximum atomic E-state index is 5.74. The van der Waals surface area contributed by atoms with E-state index in [1.54, 1.807) is 23.3 Å². The minimum absolute atomic E-state index is 0. The van der Waals surface area contributed by atoms with Gasteiger partial charge in [0.05, 0.1) is 0 Å². The Morgan fingerprint density at radius 3 is 1.52 bits per heavy atom. The summed E-state index contributed by atoms with van der Waals surface area (Å²) >= 11 is 1.76. The smallest absolute Gasteiger partial charge is 0.172 e. The minimum Gasteiger partial charge on any atom is -1.00 e. The Balaban J connectivity index is -0.000000278. The molecule has 0 aliphatic carbocycles. The molecule has 0 aliphatic heterocycles. The van der Waals surface area contributed by atoms with E-state index in [4.69, 9.17) is 4.43 Å². The molecule has 0 radical (unpaired) electrons. The van der Waals surface area contributed by atoms with E-state index in [1.165, 1.54) is 12.5 Å². The van der Waals surface area contributed by atoms with Gasteiger partial charge >= 0.3 is 86.8 Å². The summed E-state index contributed by atoms with van der Waals surface area (Å²) in [6, 6.07) is 21.4. The van der Waals surface area contributed by atoms with E-state index in [0.717, 1.165) is 6.61 Å². The van der Waals surface area contributed by atoms with Crippen molar-refractivity contribution in [1.82, 2.24) is 0 Å². The van der Waals surface area contributed by atoms with E-state index >= 15 is 0 Å². The molecule has 0 atom stereocenters. The van der Waals surface area contributed by atoms with Gasteiger partial charge in [-0.25, -0.2) is 24.3 Å². The second kappa shape index (κ2) is 18.9. The van der Waals surface area contributed by atoms with E-state index in [1.807, 2.05) is 60.7 Å². The molecule has 2 aromatic carbocycles. The maximum absolute atomic E-state index is 5.74. The van der Waals surface area contributed by atoms with Crippen LogP contribution in [0.15, 0.2) is 60.7 Å². The number of rotatable bonds is 5. The first kappa shape index (κ1) is 28.4. The Morgan fingerprint density at radius 1 is 0.913 bits per heavy atom. The molecule has 1 nitrogen and oxygen atoms in total. The average molecular weight is 467 g/mol. The fourth-order valence-corrected chi connectivity index (χ4v) is 4.09. The van der Waals surface area contributed by atoms with Crippen molar-refractivity contribution in [3.8, 4) is 0 Å². The summed E-state index contributed by atoms with van der Waals surface area (Å²) in [5.41, 5.74) is 0.0734. The van der Waals surface area contributed by atoms with E-state index in [2.05, 4.69) is 26.2 Å². The van der Waals surface area contributed by atoms with Crippen LogP contribution in [0.4, 0.5) is 0 Å². The van der Waals surface area contributed by atoms with Crippen molar-refractivity contribution in [3.63, 3.8) is 0 Å². The van der Waals surface area contributed by atoms with Crippen molar-refractivity contribution in [1.29, 1.82) is 0 Å². The van der Waals surface area contributed by atoms with Gasteiger partial charge in [-0.2, -0.15) is 36.4 Å². The largest absolute Gasteiger partial charge is 1.00 e. The van der Waals surface area contributed by atoms with Crippen LogP contribution >= 0.6 is 0 Å². The SMILES string of the molecule is C[Si](=[Zr+2])CCCO[Si](C)(C)C.[Cl-].[Cl-].c1cc[cH-]c1.c1cc[cH-]c1. The zero-order chi connectivity index (χ0) is 16.0. The molecular formula is C17H28Cl2OSi2Zr-2. The molecule has 2 aromatic rings. The average Bonchev–Trinajstić information content (AvgIpc) is 3.08. The van der Waals surface area contributed by atoms with E-state index in [9.17, 15) is 0 Å². The first-order valence-corrected chi connectivity index (χ1v) is 16.7. The third kappa shape index (κ3) is 27.7. The Hall–Kier alpha value is 0.557. The van der Waals surface area contributed by atoms with Crippen LogP contribution in [0.1, 0.15) is 6.42 Å². The van der Waals surface area contributed by atoms with Crippen LogP contribution < -0.4 is 24.8 Å². The van der Waals surface area contributed by atoms with Crippen LogP contribution in [-0.2, 0) is 27.8 Å². The number of halogens is 2. The zero-order valence-corrected chi connectivity index (χ0v) is 20.5. The van der Waals surface area contributed by atoms with Crippen LogP contribution in [0.5, 0.6) is 0 Å². The molecule has 0 heterocycles. The second-order valence-electron chi connectivity index (χ2n) is 5.77. The summed E-state index contributed by atoms with van der Waals surface area (Å²) in [6.07, 6.45) is 1.29. The fraction of sp³-hybridized carbons (Fsp3) is 0.412. The predicted molar refractivity (Wildman–Crippen MR) is 94.4 cm³/mol. The van der Waals surface area contributed by atoms with Crippen molar-refractivity contribution in [2.45, 2.75) is 38.7 Å². The Kier molecular flexibility index (Phi) is 23.3. The summed E-state index contributed by atoms with van der Waals surface area (Å²) in [7, 11) is -1.21. The summed E-state index contributed by atoms with van der Waals surface area (Å²) in [4.78, 5) is 0. The second-order valence-corrected chi connectivity index (χ2v) is 18.6. The monoisotopic (exact) mass is 464 g/mol. The Bertz CT molecular complexity index is 365. The fourth-order valence-electron chi connectivity index (χ4n) is 1.36. The molecule has 130 valence electrons. The summed E-state index contributed by atoms with van der Waals surface area (Å²) < 4.78 is 5.74. The van der Waals surface area contributed by atoms with Crippen molar-refractivity contribution in [2.75, 3.05) is 6.61 Å². The normalized spacial score (nSPS) is 9.13. The van der Waals surface area contributed by atoms with Crippen LogP contribution in [0.3, 0.4) is 0 Å². The number of hydrogen-bond donors (Lipinski definition) is 0. The first-order valence-electron chi connectivity index (χ1n) is 7.43. The van der Waals surface area contributed by atoms with Gasteiger partial charge in [0.15, 0.2) is 0 Å². The van der Waals surface area contributed by atoms with Gasteiger partial charge in [-0.15, -0.1) is 0 Å². The predicted octanol–water partition coefficient (Wildman–Crippen LogP) is -0.785. The van der Waals surface area contributed by atoms with Crippen molar-refractivity contribution in [2.24, 2.45) is 0 Å². The summed E-state index contributed by atoms with van der Waals surface area (Å²) in [5, 5.41) is 0. The van der Waals surface area contributed by atoms with Crippen LogP contribution in [-0.4, -0.2) is 20.4 Å². The topological polar surface area (TPSA) is 9.23 Å². The quantitative estimate of drug-likeness (QED) is 0.319. The van der Waals surface area contributed by atoms with E-state index < -0.39 is 8.32 Å². The van der Waals surface area contributed by atoms with Crippen LogP contribution in [0.2, 0.25) is 32.2 Å². The molecule has 0 unspecified atom stereocenters. The summed E-state index contributed by atoms with van der Waals surface area (Å²) in [6.45, 7) is 10.2. The molecule has 0 bridgehead atoms. The van der Waals surface area contributed by atoms with Crippen molar-refractivity contribution >= 4 is 13.8 Å². The molecule has 0 aliphatic rings. The molecule has 0 aromatic heterocycles. The molecule has 0 amide bonds. The van der Waals surface area contributed by atoms with Gasteiger partial charge in [-0.05, 0) is 0 Å². The van der Waals surface area contributed by atoms with Gasteiger partial charge in [0.25, 0.3) is 0 Å². The zero-order valence-electron chi connectivity index (χ0n) is 14.6. The maximum Gasteiger partial charge on any atom is -0.172 e. The first-order chi connectivity index (χ1) is 9.92. The van der Waals surface area contributed by atoms with Gasteiger partial charge in [0.1, 0.15) is 0 Å². The minimum atomic E-state index is -1.21. The molecule has 0 saturated heterocycles. The van der Waals surface area contributed by atoms with Gasteiger partial charge in [-0.3, -0.25) is 0 Å². The van der Waals surface area contributed by atoms with E-state index in [-0.39, 0.29) is 30.2 Å². The van der Waals surface area contributed by atoms with Crippen molar-refractivity contribution < 1.29 is 52.6 Å². The van der Waals surface area contributed by atoms with Crippen LogP contribution in [0, 0.1) is 0 Å². The van der Waals surface area contributed by atoms with Gasteiger partial charge in [0.2, 0.25) is 0 Å². The summed E-state index contributed by atoms with van der Waals surface area (Å²) in [5.74, 6) is 0. The molecule has 0 fully saturated rings. The molecular weight excluding hydrogens is 438 g/mol. The molecule has 0 saturated carbocycles. The molecule has 0 N–H and O–H groups in total. The van der Waals surface area contributed by atoms with Gasteiger partial charge < -0.3 is 24.8 Å². The molecule has 2 rings (SSSR count). The molecule has 6 heteroatoms. The Labute approximate surface area is 171 Å². The van der Waals surface area contributed by atoms with E-state index in [0.29, 0.717) is 0 Å². The Morgan fingerprint density at radius 2 is 1.30 bits per heavy atom. The number of hydrogen-bond acceptors (Lipinski definition) is 1. The van der Waals surface area contributed by atoms with Crippen molar-refractivity contribution in [3.05, 3.63) is 60.7 Å². The third-order valence-electron chi connectivity index (χ3n) is 2.34. The molecule has 0 spiro atoms. The molecule has 23 heavy (non-hydrogen) atoms. The standard InChI is InChI=1S/C7H18OSi2.2C5H5.2ClH.Zr/c1-9-7-5-6-8-10(2,3)4;2*1-2-4-5-3-1;;;/h5-7H2,1-4H3;2*1-5H;2*1H;/q;2*-1;;;+2/p-2.